The first-order chi connectivity index (χ1) is 17.3. The van der Waals surface area contributed by atoms with Gasteiger partial charge in [0.15, 0.2) is 0 Å². The van der Waals surface area contributed by atoms with Gasteiger partial charge in [-0.2, -0.15) is 11.8 Å². The van der Waals surface area contributed by atoms with E-state index in [1.54, 1.807) is 0 Å². The third-order valence-corrected chi connectivity index (χ3v) is 6.91. The topological polar surface area (TPSA) is 168 Å². The minimum absolute atomic E-state index is 0.324. The van der Waals surface area contributed by atoms with Crippen molar-refractivity contribution in [3.8, 4) is 0 Å². The number of nitrogens with one attached hydrogen (secondary N) is 2. The minimum Gasteiger partial charge on any atom is -0.480 e. The largest absolute Gasteiger partial charge is 0.480 e. The van der Waals surface area contributed by atoms with E-state index in [0.717, 1.165) is 5.56 Å². The van der Waals surface area contributed by atoms with Crippen LogP contribution in [0.1, 0.15) is 44.1 Å². The molecule has 0 aromatic heterocycles. The Hall–Kier alpha value is -2.63. The standard InChI is InChI=1S/C25H39N5O5S/c1-36-15-12-20(24(33)30-14-7-11-21(30)25(34)35)29-23(32)19(10-5-6-13-26)28-22(31)18(27)16-17-8-3-2-4-9-17/h2-4,8-9,18-21H,5-7,10-16,26-27H2,1H3,(H,28,31)(H,29,32)(H,34,35). The Kier molecular flexibility index (Phi) is 12.7. The normalized spacial score (nSPS) is 17.8. The van der Waals surface area contributed by atoms with Gasteiger partial charge >= 0.3 is 5.97 Å². The van der Waals surface area contributed by atoms with Gasteiger partial charge in [-0.25, -0.2) is 4.79 Å². The molecule has 36 heavy (non-hydrogen) atoms. The first-order valence-corrected chi connectivity index (χ1v) is 13.8. The van der Waals surface area contributed by atoms with Gasteiger partial charge in [0.05, 0.1) is 6.04 Å². The Morgan fingerprint density at radius 1 is 1.08 bits per heavy atom. The maximum atomic E-state index is 13.3. The first-order valence-electron chi connectivity index (χ1n) is 12.4. The Morgan fingerprint density at radius 2 is 1.78 bits per heavy atom. The zero-order valence-electron chi connectivity index (χ0n) is 20.9. The van der Waals surface area contributed by atoms with Crippen molar-refractivity contribution >= 4 is 35.5 Å². The summed E-state index contributed by atoms with van der Waals surface area (Å²) < 4.78 is 0. The Labute approximate surface area is 216 Å². The molecular formula is C25H39N5O5S. The van der Waals surface area contributed by atoms with E-state index in [1.165, 1.54) is 16.7 Å². The molecule has 0 bridgehead atoms. The quantitative estimate of drug-likeness (QED) is 0.208. The van der Waals surface area contributed by atoms with Crippen LogP contribution < -0.4 is 22.1 Å². The fraction of sp³-hybridized carbons (Fsp3) is 0.600. The predicted octanol–water partition coefficient (Wildman–Crippen LogP) is 0.484. The average Bonchev–Trinajstić information content (AvgIpc) is 3.36. The molecule has 0 spiro atoms. The summed E-state index contributed by atoms with van der Waals surface area (Å²) in [5.41, 5.74) is 12.6. The first kappa shape index (κ1) is 29.6. The maximum absolute atomic E-state index is 13.3. The second-order valence-corrected chi connectivity index (χ2v) is 10.00. The molecule has 0 aliphatic carbocycles. The lowest BCUT2D eigenvalue weighted by molar-refractivity contribution is -0.149. The average molecular weight is 522 g/mol. The van der Waals surface area contributed by atoms with E-state index in [4.69, 9.17) is 11.5 Å². The van der Waals surface area contributed by atoms with Crippen LogP contribution in [0.2, 0.25) is 0 Å². The molecule has 3 amide bonds. The molecule has 4 unspecified atom stereocenters. The van der Waals surface area contributed by atoms with Gasteiger partial charge in [0.1, 0.15) is 18.1 Å². The van der Waals surface area contributed by atoms with Gasteiger partial charge in [-0.3, -0.25) is 14.4 Å². The summed E-state index contributed by atoms with van der Waals surface area (Å²) in [4.78, 5) is 52.3. The van der Waals surface area contributed by atoms with E-state index in [2.05, 4.69) is 10.6 Å². The number of benzene rings is 1. The number of hydrogen-bond donors (Lipinski definition) is 5. The van der Waals surface area contributed by atoms with Crippen molar-refractivity contribution in [1.82, 2.24) is 15.5 Å². The summed E-state index contributed by atoms with van der Waals surface area (Å²) in [6.07, 6.45) is 5.19. The smallest absolute Gasteiger partial charge is 0.326 e. The summed E-state index contributed by atoms with van der Waals surface area (Å²) in [6, 6.07) is 5.87. The molecule has 200 valence electrons. The van der Waals surface area contributed by atoms with Crippen LogP contribution in [0, 0.1) is 0 Å². The molecular weight excluding hydrogens is 482 g/mol. The molecule has 1 aromatic rings. The monoisotopic (exact) mass is 521 g/mol. The van der Waals surface area contributed by atoms with Crippen molar-refractivity contribution in [3.63, 3.8) is 0 Å². The van der Waals surface area contributed by atoms with E-state index in [9.17, 15) is 24.3 Å². The third kappa shape index (κ3) is 9.11. The molecule has 1 aromatic carbocycles. The Bertz CT molecular complexity index is 872. The van der Waals surface area contributed by atoms with Crippen molar-refractivity contribution < 1.29 is 24.3 Å². The number of nitrogens with two attached hydrogens (primary N) is 2. The van der Waals surface area contributed by atoms with Crippen LogP contribution in [0.15, 0.2) is 30.3 Å². The number of carboxylic acid groups (broad SMARTS) is 1. The summed E-state index contributed by atoms with van der Waals surface area (Å²) in [5, 5.41) is 15.0. The van der Waals surface area contributed by atoms with Crippen molar-refractivity contribution in [2.75, 3.05) is 25.1 Å². The number of amides is 3. The van der Waals surface area contributed by atoms with Crippen molar-refractivity contribution in [2.45, 2.75) is 69.1 Å². The van der Waals surface area contributed by atoms with E-state index in [0.29, 0.717) is 63.8 Å². The molecule has 1 aliphatic heterocycles. The lowest BCUT2D eigenvalue weighted by Gasteiger charge is -2.29. The van der Waals surface area contributed by atoms with Crippen molar-refractivity contribution in [1.29, 1.82) is 0 Å². The number of thioether (sulfide) groups is 1. The van der Waals surface area contributed by atoms with Gasteiger partial charge in [0.25, 0.3) is 0 Å². The van der Waals surface area contributed by atoms with E-state index in [-0.39, 0.29) is 0 Å². The highest BCUT2D eigenvalue weighted by molar-refractivity contribution is 7.98. The number of aliphatic carboxylic acids is 1. The number of nitrogens with zero attached hydrogens (tertiary/aromatic N) is 1. The van der Waals surface area contributed by atoms with Crippen LogP contribution in [0.5, 0.6) is 0 Å². The molecule has 1 aliphatic rings. The molecule has 11 heteroatoms. The molecule has 1 saturated heterocycles. The summed E-state index contributed by atoms with van der Waals surface area (Å²) in [6.45, 7) is 0.794. The fourth-order valence-corrected chi connectivity index (χ4v) is 4.73. The lowest BCUT2D eigenvalue weighted by Crippen LogP contribution is -2.57. The van der Waals surface area contributed by atoms with E-state index >= 15 is 0 Å². The zero-order chi connectivity index (χ0) is 26.5. The number of likely N-dealkylation sites (tertiary alicyclic amines) is 1. The molecule has 4 atom stereocenters. The van der Waals surface area contributed by atoms with Crippen LogP contribution >= 0.6 is 11.8 Å². The van der Waals surface area contributed by atoms with E-state index < -0.39 is 47.9 Å². The summed E-state index contributed by atoms with van der Waals surface area (Å²) >= 11 is 1.53. The van der Waals surface area contributed by atoms with Crippen molar-refractivity contribution in [2.24, 2.45) is 11.5 Å². The van der Waals surface area contributed by atoms with Gasteiger partial charge in [-0.05, 0) is 69.1 Å². The SMILES string of the molecule is CSCCC(NC(=O)C(CCCCN)NC(=O)C(N)Cc1ccccc1)C(=O)N1CCCC1C(=O)O. The number of carboxylic acids is 1. The minimum atomic E-state index is -1.05. The van der Waals surface area contributed by atoms with Gasteiger partial charge in [-0.15, -0.1) is 0 Å². The lowest BCUT2D eigenvalue weighted by atomic mass is 10.0. The highest BCUT2D eigenvalue weighted by Gasteiger charge is 2.38. The van der Waals surface area contributed by atoms with Crippen LogP contribution in [0.3, 0.4) is 0 Å². The molecule has 1 fully saturated rings. The van der Waals surface area contributed by atoms with Gasteiger partial charge < -0.3 is 32.1 Å². The third-order valence-electron chi connectivity index (χ3n) is 6.26. The van der Waals surface area contributed by atoms with Crippen LogP contribution in [-0.4, -0.2) is 83.0 Å². The highest BCUT2D eigenvalue weighted by atomic mass is 32.2. The number of carbonyl (C=O) groups excluding carboxylic acids is 3. The number of rotatable bonds is 15. The maximum Gasteiger partial charge on any atom is 0.326 e. The van der Waals surface area contributed by atoms with Crippen LogP contribution in [0.4, 0.5) is 0 Å². The van der Waals surface area contributed by atoms with E-state index in [1.807, 2.05) is 36.6 Å². The molecule has 10 nitrogen and oxygen atoms in total. The van der Waals surface area contributed by atoms with Gasteiger partial charge in [-0.1, -0.05) is 30.3 Å². The molecule has 0 saturated carbocycles. The number of hydrogen-bond acceptors (Lipinski definition) is 7. The molecule has 2 rings (SSSR count). The van der Waals surface area contributed by atoms with Gasteiger partial charge in [0.2, 0.25) is 17.7 Å². The number of carbonyl (C=O) groups is 4. The van der Waals surface area contributed by atoms with Crippen LogP contribution in [-0.2, 0) is 25.6 Å². The molecule has 1 heterocycles. The highest BCUT2D eigenvalue weighted by Crippen LogP contribution is 2.20. The molecule has 0 radical (unpaired) electrons. The number of unbranched alkanes of at least 4 members (excludes halogenated alkanes) is 1. The zero-order valence-corrected chi connectivity index (χ0v) is 21.7. The molecule has 7 N–H and O–H groups in total. The fourth-order valence-electron chi connectivity index (χ4n) is 4.25. The Balaban J connectivity index is 2.10. The van der Waals surface area contributed by atoms with Gasteiger partial charge in [0, 0.05) is 6.54 Å². The van der Waals surface area contributed by atoms with Crippen LogP contribution in [0.25, 0.3) is 0 Å². The summed E-state index contributed by atoms with van der Waals surface area (Å²) in [5.74, 6) is -1.79. The Morgan fingerprint density at radius 3 is 2.42 bits per heavy atom. The second kappa shape index (κ2) is 15.5. The summed E-state index contributed by atoms with van der Waals surface area (Å²) in [7, 11) is 0. The van der Waals surface area contributed by atoms with Crippen molar-refractivity contribution in [3.05, 3.63) is 35.9 Å². The second-order valence-electron chi connectivity index (χ2n) is 9.01. The predicted molar refractivity (Wildman–Crippen MR) is 140 cm³/mol.